The average molecular weight is 354 g/mol. The number of carbonyl (C=O) groups is 1. The highest BCUT2D eigenvalue weighted by Gasteiger charge is 2.13. The maximum Gasteiger partial charge on any atom is 0.246 e. The molecule has 0 unspecified atom stereocenters. The summed E-state index contributed by atoms with van der Waals surface area (Å²) in [6.07, 6.45) is 4.01. The van der Waals surface area contributed by atoms with Gasteiger partial charge in [-0.15, -0.1) is 11.3 Å². The highest BCUT2D eigenvalue weighted by molar-refractivity contribution is 7.15. The number of carbonyl (C=O) groups excluding carboxylic acids is 1. The molecule has 3 rings (SSSR count). The third-order valence-corrected chi connectivity index (χ3v) is 4.77. The minimum atomic E-state index is -0.170. The van der Waals surface area contributed by atoms with E-state index in [0.29, 0.717) is 0 Å². The summed E-state index contributed by atoms with van der Waals surface area (Å²) in [5.74, 6) is -0.170. The van der Waals surface area contributed by atoms with E-state index >= 15 is 0 Å². The van der Waals surface area contributed by atoms with Crippen molar-refractivity contribution in [1.82, 2.24) is 14.8 Å². The molecule has 1 amide bonds. The summed E-state index contributed by atoms with van der Waals surface area (Å²) in [5.41, 5.74) is 6.52. The Hall–Kier alpha value is -2.47. The van der Waals surface area contributed by atoms with Crippen LogP contribution in [-0.2, 0) is 16.6 Å². The van der Waals surface area contributed by atoms with Crippen molar-refractivity contribution in [2.45, 2.75) is 39.5 Å². The molecule has 0 fully saturated rings. The Morgan fingerprint density at radius 2 is 2.00 bits per heavy atom. The van der Waals surface area contributed by atoms with Gasteiger partial charge >= 0.3 is 0 Å². The average Bonchev–Trinajstić information content (AvgIpc) is 3.13. The van der Waals surface area contributed by atoms with Crippen molar-refractivity contribution in [3.8, 4) is 0 Å². The van der Waals surface area contributed by atoms with E-state index in [4.69, 9.17) is 0 Å². The van der Waals surface area contributed by atoms with Crippen LogP contribution >= 0.6 is 11.3 Å². The third kappa shape index (κ3) is 4.14. The molecule has 130 valence electrons. The molecule has 1 aromatic carbocycles. The minimum Gasteiger partial charge on any atom is -0.297 e. The molecule has 0 aliphatic rings. The van der Waals surface area contributed by atoms with E-state index in [0.717, 1.165) is 21.9 Å². The Morgan fingerprint density at radius 1 is 1.28 bits per heavy atom. The molecule has 0 radical (unpaired) electrons. The second-order valence-corrected chi connectivity index (χ2v) is 7.93. The predicted octanol–water partition coefficient (Wildman–Crippen LogP) is 3.78. The number of rotatable bonds is 4. The van der Waals surface area contributed by atoms with Crippen LogP contribution < -0.4 is 5.43 Å². The number of benzene rings is 1. The Kier molecular flexibility index (Phi) is 4.72. The van der Waals surface area contributed by atoms with E-state index in [2.05, 4.69) is 48.4 Å². The first-order valence-electron chi connectivity index (χ1n) is 8.18. The molecule has 3 aromatic rings. The van der Waals surface area contributed by atoms with E-state index in [1.54, 1.807) is 11.3 Å². The Bertz CT molecular complexity index is 884. The molecule has 2 aromatic heterocycles. The second-order valence-electron chi connectivity index (χ2n) is 7.06. The van der Waals surface area contributed by atoms with Crippen LogP contribution in [0.1, 0.15) is 44.5 Å². The Morgan fingerprint density at radius 3 is 2.64 bits per heavy atom. The molecule has 0 bridgehead atoms. The van der Waals surface area contributed by atoms with E-state index in [1.165, 1.54) is 5.56 Å². The second kappa shape index (κ2) is 6.80. The zero-order valence-electron chi connectivity index (χ0n) is 14.9. The molecule has 6 heteroatoms. The lowest BCUT2D eigenvalue weighted by atomic mass is 9.86. The zero-order valence-corrected chi connectivity index (χ0v) is 15.7. The number of aromatic nitrogens is 2. The highest BCUT2D eigenvalue weighted by Crippen LogP contribution is 2.22. The van der Waals surface area contributed by atoms with Crippen LogP contribution in [0.2, 0.25) is 0 Å². The lowest BCUT2D eigenvalue weighted by Gasteiger charge is -2.19. The Balaban J connectivity index is 1.62. The summed E-state index contributed by atoms with van der Waals surface area (Å²) in [5, 5.41) is 6.17. The number of thiazole rings is 1. The standard InChI is InChI=1S/C19H22N4OS/c1-13(14-5-7-15(8-6-14)19(2,3)4)21-22-17(24)11-16-12-23-9-10-25-18(23)20-16/h5-10,12H,11H2,1-4H3,(H,22,24)/b21-13-. The van der Waals surface area contributed by atoms with E-state index in [1.807, 2.05) is 41.2 Å². The number of imidazole rings is 1. The van der Waals surface area contributed by atoms with Gasteiger partial charge in [-0.3, -0.25) is 9.20 Å². The fourth-order valence-electron chi connectivity index (χ4n) is 2.49. The summed E-state index contributed by atoms with van der Waals surface area (Å²) in [4.78, 5) is 17.4. The van der Waals surface area contributed by atoms with Crippen LogP contribution in [0.3, 0.4) is 0 Å². The van der Waals surface area contributed by atoms with Gasteiger partial charge in [-0.25, -0.2) is 10.4 Å². The minimum absolute atomic E-state index is 0.121. The van der Waals surface area contributed by atoms with Gasteiger partial charge in [-0.1, -0.05) is 45.0 Å². The maximum atomic E-state index is 12.1. The van der Waals surface area contributed by atoms with Gasteiger partial charge in [-0.05, 0) is 23.5 Å². The highest BCUT2D eigenvalue weighted by atomic mass is 32.1. The third-order valence-electron chi connectivity index (χ3n) is 4.00. The van der Waals surface area contributed by atoms with Gasteiger partial charge in [-0.2, -0.15) is 5.10 Å². The predicted molar refractivity (Wildman–Crippen MR) is 102 cm³/mol. The summed E-state index contributed by atoms with van der Waals surface area (Å²) in [6.45, 7) is 8.44. The van der Waals surface area contributed by atoms with Gasteiger partial charge in [0.05, 0.1) is 17.8 Å². The maximum absolute atomic E-state index is 12.1. The molecule has 0 spiro atoms. The van der Waals surface area contributed by atoms with Crippen molar-refractivity contribution in [3.63, 3.8) is 0 Å². The van der Waals surface area contributed by atoms with Gasteiger partial charge in [0.25, 0.3) is 0 Å². The normalized spacial score (nSPS) is 12.6. The molecule has 0 aliphatic heterocycles. The lowest BCUT2D eigenvalue weighted by Crippen LogP contribution is -2.21. The summed E-state index contributed by atoms with van der Waals surface area (Å²) in [6, 6.07) is 8.28. The fourth-order valence-corrected chi connectivity index (χ4v) is 3.21. The largest absolute Gasteiger partial charge is 0.297 e. The van der Waals surface area contributed by atoms with Crippen LogP contribution in [0.4, 0.5) is 0 Å². The molecule has 2 heterocycles. The summed E-state index contributed by atoms with van der Waals surface area (Å²) >= 11 is 1.55. The van der Waals surface area contributed by atoms with Crippen molar-refractivity contribution < 1.29 is 4.79 Å². The van der Waals surface area contributed by atoms with Gasteiger partial charge in [0.2, 0.25) is 5.91 Å². The first-order valence-corrected chi connectivity index (χ1v) is 9.06. The van der Waals surface area contributed by atoms with Gasteiger partial charge < -0.3 is 0 Å². The monoisotopic (exact) mass is 354 g/mol. The van der Waals surface area contributed by atoms with Crippen LogP contribution in [0.5, 0.6) is 0 Å². The fraction of sp³-hybridized carbons (Fsp3) is 0.316. The van der Waals surface area contributed by atoms with Crippen molar-refractivity contribution in [2.24, 2.45) is 5.10 Å². The molecule has 0 saturated carbocycles. The molecule has 25 heavy (non-hydrogen) atoms. The molecule has 0 aliphatic carbocycles. The van der Waals surface area contributed by atoms with Crippen LogP contribution in [0, 0.1) is 0 Å². The first kappa shape index (κ1) is 17.4. The smallest absolute Gasteiger partial charge is 0.246 e. The molecule has 1 N–H and O–H groups in total. The van der Waals surface area contributed by atoms with Crippen LogP contribution in [0.25, 0.3) is 4.96 Å². The quantitative estimate of drug-likeness (QED) is 0.573. The van der Waals surface area contributed by atoms with Crippen LogP contribution in [0.15, 0.2) is 47.1 Å². The molecular weight excluding hydrogens is 332 g/mol. The summed E-state index contributed by atoms with van der Waals surface area (Å²) in [7, 11) is 0. The molecule has 5 nitrogen and oxygen atoms in total. The number of nitrogens with zero attached hydrogens (tertiary/aromatic N) is 3. The number of hydrogen-bond donors (Lipinski definition) is 1. The van der Waals surface area contributed by atoms with Gasteiger partial charge in [0, 0.05) is 17.8 Å². The first-order chi connectivity index (χ1) is 11.8. The SMILES string of the molecule is C/C(=N/NC(=O)Cc1cn2ccsc2n1)c1ccc(C(C)(C)C)cc1. The van der Waals surface area contributed by atoms with Crippen molar-refractivity contribution in [1.29, 1.82) is 0 Å². The van der Waals surface area contributed by atoms with E-state index in [-0.39, 0.29) is 17.7 Å². The number of hydrogen-bond acceptors (Lipinski definition) is 4. The van der Waals surface area contributed by atoms with Crippen LogP contribution in [-0.4, -0.2) is 21.0 Å². The van der Waals surface area contributed by atoms with Gasteiger partial charge in [0.15, 0.2) is 4.96 Å². The van der Waals surface area contributed by atoms with Crippen molar-refractivity contribution >= 4 is 27.9 Å². The van der Waals surface area contributed by atoms with Crippen molar-refractivity contribution in [3.05, 3.63) is 58.9 Å². The number of amides is 1. The number of fused-ring (bicyclic) bond motifs is 1. The lowest BCUT2D eigenvalue weighted by molar-refractivity contribution is -0.120. The number of hydrazone groups is 1. The zero-order chi connectivity index (χ0) is 18.0. The topological polar surface area (TPSA) is 58.8 Å². The van der Waals surface area contributed by atoms with E-state index < -0.39 is 0 Å². The molecular formula is C19H22N4OS. The number of nitrogens with one attached hydrogen (secondary N) is 1. The van der Waals surface area contributed by atoms with Gasteiger partial charge in [0.1, 0.15) is 0 Å². The summed E-state index contributed by atoms with van der Waals surface area (Å²) < 4.78 is 1.92. The molecule has 0 saturated heterocycles. The van der Waals surface area contributed by atoms with E-state index in [9.17, 15) is 4.79 Å². The van der Waals surface area contributed by atoms with Crippen molar-refractivity contribution in [2.75, 3.05) is 0 Å². The molecule has 0 atom stereocenters. The Labute approximate surface area is 151 Å².